The largest absolute Gasteiger partial charge is 0.352 e. The highest BCUT2D eigenvalue weighted by Gasteiger charge is 2.43. The lowest BCUT2D eigenvalue weighted by Crippen LogP contribution is -2.35. The summed E-state index contributed by atoms with van der Waals surface area (Å²) in [7, 11) is 2.09. The summed E-state index contributed by atoms with van der Waals surface area (Å²) in [6, 6.07) is 21.3. The van der Waals surface area contributed by atoms with Crippen LogP contribution in [0.3, 0.4) is 0 Å². The maximum Gasteiger partial charge on any atom is 0.144 e. The van der Waals surface area contributed by atoms with Crippen LogP contribution in [0.5, 0.6) is 0 Å². The number of rotatable bonds is 7. The molecule has 0 spiro atoms. The van der Waals surface area contributed by atoms with Gasteiger partial charge in [-0.05, 0) is 58.6 Å². The molecule has 0 radical (unpaired) electrons. The maximum atomic E-state index is 5.30. The number of hydrogen-bond donors (Lipinski definition) is 0. The van der Waals surface area contributed by atoms with Crippen molar-refractivity contribution in [1.29, 1.82) is 0 Å². The summed E-state index contributed by atoms with van der Waals surface area (Å²) in [5, 5.41) is 0. The lowest BCUT2D eigenvalue weighted by molar-refractivity contribution is 0.300. The van der Waals surface area contributed by atoms with Crippen molar-refractivity contribution in [2.24, 2.45) is 20.8 Å². The number of nitrogens with zero attached hydrogens (tertiary/aromatic N) is 4. The average Bonchev–Trinajstić information content (AvgIpc) is 3.41. The monoisotopic (exact) mass is 554 g/mol. The van der Waals surface area contributed by atoms with Gasteiger partial charge in [0.2, 0.25) is 0 Å². The third-order valence-electron chi connectivity index (χ3n) is 9.07. The summed E-state index contributed by atoms with van der Waals surface area (Å²) in [5.74, 6) is 1.03. The quantitative estimate of drug-likeness (QED) is 0.343. The summed E-state index contributed by atoms with van der Waals surface area (Å²) >= 11 is 0. The Labute approximate surface area is 251 Å². The molecule has 1 unspecified atom stereocenters. The van der Waals surface area contributed by atoms with Crippen LogP contribution in [0.25, 0.3) is 11.1 Å². The van der Waals surface area contributed by atoms with Gasteiger partial charge in [0, 0.05) is 48.1 Å². The second kappa shape index (κ2) is 10.9. The molecule has 0 saturated carbocycles. The van der Waals surface area contributed by atoms with Crippen LogP contribution in [0.1, 0.15) is 58.6 Å². The van der Waals surface area contributed by atoms with Gasteiger partial charge >= 0.3 is 0 Å². The summed E-state index contributed by atoms with van der Waals surface area (Å²) < 4.78 is 0. The summed E-state index contributed by atoms with van der Waals surface area (Å²) in [6.45, 7) is 12.4. The number of hydrogen-bond acceptors (Lipinski definition) is 4. The SMILES string of the molecule is CCCCN1C=C(c2ccccc2)C=C2C1N=C(/C=C/C=C1/N=C3C(=CC(c4ccccc4)=CN3C)C1(C)C)C2(C)C. The van der Waals surface area contributed by atoms with Crippen LogP contribution in [-0.2, 0) is 0 Å². The molecule has 0 N–H and O–H groups in total. The molecule has 0 amide bonds. The summed E-state index contributed by atoms with van der Waals surface area (Å²) in [6.07, 6.45) is 18.1. The molecule has 42 heavy (non-hydrogen) atoms. The first kappa shape index (κ1) is 28.0. The van der Waals surface area contributed by atoms with Gasteiger partial charge in [-0.25, -0.2) is 4.99 Å². The minimum absolute atomic E-state index is 0.0543. The highest BCUT2D eigenvalue weighted by atomic mass is 15.3. The average molecular weight is 555 g/mol. The molecule has 0 bridgehead atoms. The molecule has 4 heterocycles. The van der Waals surface area contributed by atoms with Crippen LogP contribution < -0.4 is 0 Å². The Balaban J connectivity index is 1.28. The molecule has 4 heteroatoms. The van der Waals surface area contributed by atoms with Gasteiger partial charge in [0.15, 0.2) is 0 Å². The zero-order valence-electron chi connectivity index (χ0n) is 25.8. The van der Waals surface area contributed by atoms with E-state index in [4.69, 9.17) is 9.98 Å². The second-order valence-corrected chi connectivity index (χ2v) is 12.7. The molecular formula is C38H42N4. The van der Waals surface area contributed by atoms with Crippen LogP contribution in [0.15, 0.2) is 130 Å². The molecule has 4 aliphatic rings. The van der Waals surface area contributed by atoms with Crippen LogP contribution in [-0.4, -0.2) is 41.1 Å². The van der Waals surface area contributed by atoms with Crippen molar-refractivity contribution in [1.82, 2.24) is 9.80 Å². The second-order valence-electron chi connectivity index (χ2n) is 12.7. The van der Waals surface area contributed by atoms with Gasteiger partial charge in [0.25, 0.3) is 0 Å². The summed E-state index contributed by atoms with van der Waals surface area (Å²) in [4.78, 5) is 15.0. The number of benzene rings is 2. The predicted molar refractivity (Wildman–Crippen MR) is 178 cm³/mol. The van der Waals surface area contributed by atoms with Crippen LogP contribution in [0, 0.1) is 10.8 Å². The molecule has 6 rings (SSSR count). The normalized spacial score (nSPS) is 23.2. The summed E-state index contributed by atoms with van der Waals surface area (Å²) in [5.41, 5.74) is 9.40. The van der Waals surface area contributed by atoms with E-state index in [1.54, 1.807) is 0 Å². The Morgan fingerprint density at radius 2 is 1.48 bits per heavy atom. The molecule has 4 aliphatic heterocycles. The Hall–Kier alpha value is -4.18. The first-order chi connectivity index (χ1) is 20.2. The minimum atomic E-state index is -0.197. The molecule has 0 saturated heterocycles. The highest BCUT2D eigenvalue weighted by molar-refractivity contribution is 6.08. The fourth-order valence-corrected chi connectivity index (χ4v) is 6.33. The van der Waals surface area contributed by atoms with E-state index in [0.29, 0.717) is 0 Å². The molecule has 0 fully saturated rings. The molecule has 4 nitrogen and oxygen atoms in total. The van der Waals surface area contributed by atoms with Crippen LogP contribution in [0.2, 0.25) is 0 Å². The molecule has 0 aliphatic carbocycles. The number of unbranched alkanes of at least 4 members (excludes halogenated alkanes) is 1. The van der Waals surface area contributed by atoms with Crippen molar-refractivity contribution in [2.75, 3.05) is 13.6 Å². The third kappa shape index (κ3) is 4.93. The van der Waals surface area contributed by atoms with E-state index in [2.05, 4.69) is 155 Å². The van der Waals surface area contributed by atoms with E-state index in [-0.39, 0.29) is 17.0 Å². The zero-order valence-corrected chi connectivity index (χ0v) is 25.8. The van der Waals surface area contributed by atoms with E-state index >= 15 is 0 Å². The lowest BCUT2D eigenvalue weighted by atomic mass is 9.78. The first-order valence-electron chi connectivity index (χ1n) is 15.2. The fraction of sp³-hybridized carbons (Fsp3) is 0.316. The van der Waals surface area contributed by atoms with E-state index in [0.717, 1.165) is 36.6 Å². The van der Waals surface area contributed by atoms with Crippen molar-refractivity contribution in [2.45, 2.75) is 53.6 Å². The Bertz CT molecular complexity index is 1610. The van der Waals surface area contributed by atoms with Crippen molar-refractivity contribution in [3.63, 3.8) is 0 Å². The van der Waals surface area contributed by atoms with Crippen LogP contribution >= 0.6 is 0 Å². The molecule has 1 atom stereocenters. The van der Waals surface area contributed by atoms with E-state index in [1.807, 2.05) is 0 Å². The standard InChI is InChI=1S/C38H42N4/c1-7-8-22-42-26-30(28-18-13-10-14-19-28)24-32-36(42)40-34(38(32,4)5)21-15-20-33-37(2,3)31-23-29(25-41(6)35(31)39-33)27-16-11-9-12-17-27/h9-21,23-26,36H,7-8,22H2,1-6H3/b21-15+,33-20+. The Morgan fingerprint density at radius 1 is 0.833 bits per heavy atom. The van der Waals surface area contributed by atoms with E-state index in [9.17, 15) is 0 Å². The predicted octanol–water partition coefficient (Wildman–Crippen LogP) is 8.67. The van der Waals surface area contributed by atoms with Crippen molar-refractivity contribution in [3.05, 3.63) is 131 Å². The van der Waals surface area contributed by atoms with Gasteiger partial charge in [0.05, 0.1) is 5.70 Å². The van der Waals surface area contributed by atoms with Crippen LogP contribution in [0.4, 0.5) is 0 Å². The van der Waals surface area contributed by atoms with Crippen molar-refractivity contribution in [3.8, 4) is 0 Å². The Morgan fingerprint density at radius 3 is 2.12 bits per heavy atom. The molecular weight excluding hydrogens is 512 g/mol. The number of amidine groups is 1. The maximum absolute atomic E-state index is 5.30. The number of allylic oxidation sites excluding steroid dienone is 8. The number of likely N-dealkylation sites (N-methyl/N-ethyl adjacent to an activating group) is 1. The zero-order chi connectivity index (χ0) is 29.5. The molecule has 2 aromatic carbocycles. The van der Waals surface area contributed by atoms with Crippen molar-refractivity contribution >= 4 is 22.7 Å². The Kier molecular flexibility index (Phi) is 7.26. The topological polar surface area (TPSA) is 31.2 Å². The lowest BCUT2D eigenvalue weighted by Gasteiger charge is -2.34. The first-order valence-corrected chi connectivity index (χ1v) is 15.2. The van der Waals surface area contributed by atoms with Gasteiger partial charge in [-0.1, -0.05) is 108 Å². The van der Waals surface area contributed by atoms with E-state index < -0.39 is 0 Å². The smallest absolute Gasteiger partial charge is 0.144 e. The number of aliphatic imine (C=N–C) groups is 2. The number of fused-ring (bicyclic) bond motifs is 2. The van der Waals surface area contributed by atoms with E-state index in [1.165, 1.54) is 33.4 Å². The van der Waals surface area contributed by atoms with Gasteiger partial charge < -0.3 is 9.80 Å². The van der Waals surface area contributed by atoms with Gasteiger partial charge in [-0.15, -0.1) is 0 Å². The highest BCUT2D eigenvalue weighted by Crippen LogP contribution is 2.47. The van der Waals surface area contributed by atoms with Crippen molar-refractivity contribution < 1.29 is 0 Å². The fourth-order valence-electron chi connectivity index (χ4n) is 6.33. The molecule has 0 aromatic heterocycles. The molecule has 2 aromatic rings. The van der Waals surface area contributed by atoms with Gasteiger partial charge in [-0.3, -0.25) is 4.99 Å². The molecule has 214 valence electrons. The minimum Gasteiger partial charge on any atom is -0.352 e. The third-order valence-corrected chi connectivity index (χ3v) is 9.07. The van der Waals surface area contributed by atoms with Gasteiger partial charge in [-0.2, -0.15) is 0 Å². The van der Waals surface area contributed by atoms with Gasteiger partial charge in [0.1, 0.15) is 12.0 Å².